The fourth-order valence-electron chi connectivity index (χ4n) is 3.64. The van der Waals surface area contributed by atoms with Crippen molar-refractivity contribution in [3.8, 4) is 17.3 Å². The lowest BCUT2D eigenvalue weighted by molar-refractivity contribution is 0.180. The maximum Gasteiger partial charge on any atom is 0.178 e. The van der Waals surface area contributed by atoms with E-state index in [9.17, 15) is 0 Å². The van der Waals surface area contributed by atoms with Crippen molar-refractivity contribution in [1.82, 2.24) is 19.9 Å². The predicted octanol–water partition coefficient (Wildman–Crippen LogP) is 3.26. The Labute approximate surface area is 165 Å². The topological polar surface area (TPSA) is 54.4 Å². The largest absolute Gasteiger partial charge is 0.495 e. The van der Waals surface area contributed by atoms with Crippen LogP contribution in [0.15, 0.2) is 61.1 Å². The van der Waals surface area contributed by atoms with Crippen molar-refractivity contribution >= 4 is 5.69 Å². The Bertz CT molecular complexity index is 900. The van der Waals surface area contributed by atoms with Gasteiger partial charge in [-0.25, -0.2) is 9.97 Å². The number of para-hydroxylation sites is 2. The van der Waals surface area contributed by atoms with Gasteiger partial charge >= 0.3 is 0 Å². The van der Waals surface area contributed by atoms with E-state index in [-0.39, 0.29) is 0 Å². The number of hydrogen-bond donors (Lipinski definition) is 0. The minimum atomic E-state index is 0.425. The summed E-state index contributed by atoms with van der Waals surface area (Å²) in [6, 6.07) is 14.4. The number of benzene rings is 1. The molecule has 144 valence electrons. The van der Waals surface area contributed by atoms with E-state index in [1.165, 1.54) is 5.69 Å². The average molecular weight is 375 g/mol. The van der Waals surface area contributed by atoms with Gasteiger partial charge in [0.25, 0.3) is 0 Å². The first kappa shape index (κ1) is 18.4. The van der Waals surface area contributed by atoms with Crippen LogP contribution in [-0.2, 0) is 6.54 Å². The molecule has 1 aliphatic rings. The molecular formula is C22H25N5O. The Morgan fingerprint density at radius 2 is 1.79 bits per heavy atom. The van der Waals surface area contributed by atoms with E-state index < -0.39 is 0 Å². The molecule has 0 radical (unpaired) electrons. The van der Waals surface area contributed by atoms with Crippen LogP contribution in [0.2, 0.25) is 0 Å². The van der Waals surface area contributed by atoms with E-state index in [1.807, 2.05) is 42.7 Å². The Kier molecular flexibility index (Phi) is 5.48. The van der Waals surface area contributed by atoms with Gasteiger partial charge in [0.15, 0.2) is 5.82 Å². The van der Waals surface area contributed by atoms with Gasteiger partial charge in [0.1, 0.15) is 11.4 Å². The number of nitrogens with zero attached hydrogens (tertiary/aromatic N) is 5. The third-order valence-corrected chi connectivity index (χ3v) is 5.18. The highest BCUT2D eigenvalue weighted by molar-refractivity contribution is 5.58. The first-order chi connectivity index (χ1) is 13.7. The Morgan fingerprint density at radius 1 is 1.00 bits per heavy atom. The van der Waals surface area contributed by atoms with Crippen molar-refractivity contribution in [3.63, 3.8) is 0 Å². The lowest BCUT2D eigenvalue weighted by Gasteiger charge is -2.41. The zero-order valence-electron chi connectivity index (χ0n) is 16.3. The maximum atomic E-state index is 5.53. The van der Waals surface area contributed by atoms with Gasteiger partial charge in [0.2, 0.25) is 0 Å². The summed E-state index contributed by atoms with van der Waals surface area (Å²) >= 11 is 0. The van der Waals surface area contributed by atoms with Crippen LogP contribution in [0.5, 0.6) is 5.75 Å². The number of anilines is 1. The third kappa shape index (κ3) is 3.97. The van der Waals surface area contributed by atoms with E-state index in [0.29, 0.717) is 11.9 Å². The number of aromatic nitrogens is 3. The molecule has 2 aromatic heterocycles. The third-order valence-electron chi connectivity index (χ3n) is 5.18. The highest BCUT2D eigenvalue weighted by Crippen LogP contribution is 2.29. The van der Waals surface area contributed by atoms with Crippen LogP contribution in [0.1, 0.15) is 12.5 Å². The highest BCUT2D eigenvalue weighted by Gasteiger charge is 2.25. The molecule has 0 saturated carbocycles. The summed E-state index contributed by atoms with van der Waals surface area (Å²) in [5.41, 5.74) is 3.09. The molecule has 1 atom stereocenters. The first-order valence-corrected chi connectivity index (χ1v) is 9.59. The number of ether oxygens (including phenoxy) is 1. The van der Waals surface area contributed by atoms with E-state index in [2.05, 4.69) is 43.8 Å². The van der Waals surface area contributed by atoms with Crippen molar-refractivity contribution in [3.05, 3.63) is 66.6 Å². The zero-order chi connectivity index (χ0) is 19.3. The van der Waals surface area contributed by atoms with Crippen LogP contribution >= 0.6 is 0 Å². The molecule has 0 amide bonds. The number of hydrogen-bond acceptors (Lipinski definition) is 6. The average Bonchev–Trinajstić information content (AvgIpc) is 2.76. The first-order valence-electron chi connectivity index (χ1n) is 9.59. The molecule has 3 heterocycles. The van der Waals surface area contributed by atoms with E-state index in [1.54, 1.807) is 13.3 Å². The molecule has 4 rings (SSSR count). The number of piperazine rings is 1. The van der Waals surface area contributed by atoms with E-state index >= 15 is 0 Å². The van der Waals surface area contributed by atoms with Gasteiger partial charge in [0, 0.05) is 56.4 Å². The van der Waals surface area contributed by atoms with Gasteiger partial charge in [0.05, 0.1) is 12.8 Å². The molecule has 1 saturated heterocycles. The number of pyridine rings is 1. The van der Waals surface area contributed by atoms with Gasteiger partial charge < -0.3 is 9.64 Å². The maximum absolute atomic E-state index is 5.53. The fraction of sp³-hybridized carbons (Fsp3) is 0.318. The Morgan fingerprint density at radius 3 is 2.50 bits per heavy atom. The summed E-state index contributed by atoms with van der Waals surface area (Å²) in [4.78, 5) is 18.2. The Balaban J connectivity index is 1.40. The van der Waals surface area contributed by atoms with Gasteiger partial charge in [-0.3, -0.25) is 9.88 Å². The van der Waals surface area contributed by atoms with Crippen molar-refractivity contribution in [2.75, 3.05) is 31.6 Å². The van der Waals surface area contributed by atoms with Crippen LogP contribution in [0.3, 0.4) is 0 Å². The number of rotatable bonds is 5. The van der Waals surface area contributed by atoms with Gasteiger partial charge in [-0.2, -0.15) is 0 Å². The minimum Gasteiger partial charge on any atom is -0.495 e. The second-order valence-corrected chi connectivity index (χ2v) is 7.07. The monoisotopic (exact) mass is 375 g/mol. The highest BCUT2D eigenvalue weighted by atomic mass is 16.5. The van der Waals surface area contributed by atoms with Crippen molar-refractivity contribution in [2.24, 2.45) is 0 Å². The fourth-order valence-corrected chi connectivity index (χ4v) is 3.64. The summed E-state index contributed by atoms with van der Waals surface area (Å²) in [5.74, 6) is 1.60. The molecule has 0 spiro atoms. The molecule has 1 aliphatic heterocycles. The molecule has 6 nitrogen and oxygen atoms in total. The van der Waals surface area contributed by atoms with Crippen LogP contribution in [0, 0.1) is 0 Å². The Hall–Kier alpha value is -2.99. The quantitative estimate of drug-likeness (QED) is 0.682. The van der Waals surface area contributed by atoms with Crippen LogP contribution in [-0.4, -0.2) is 52.6 Å². The summed E-state index contributed by atoms with van der Waals surface area (Å²) in [5, 5.41) is 0. The lowest BCUT2D eigenvalue weighted by Crippen LogP contribution is -2.51. The summed E-state index contributed by atoms with van der Waals surface area (Å²) in [6.07, 6.45) is 5.59. The van der Waals surface area contributed by atoms with E-state index in [0.717, 1.165) is 43.2 Å². The van der Waals surface area contributed by atoms with Crippen molar-refractivity contribution in [1.29, 1.82) is 0 Å². The molecule has 0 unspecified atom stereocenters. The van der Waals surface area contributed by atoms with E-state index in [4.69, 9.17) is 4.74 Å². The molecular weight excluding hydrogens is 350 g/mol. The summed E-state index contributed by atoms with van der Waals surface area (Å²) in [7, 11) is 1.73. The molecule has 0 N–H and O–H groups in total. The smallest absolute Gasteiger partial charge is 0.178 e. The second-order valence-electron chi connectivity index (χ2n) is 7.07. The molecule has 0 bridgehead atoms. The molecule has 6 heteroatoms. The minimum absolute atomic E-state index is 0.425. The van der Waals surface area contributed by atoms with Crippen LogP contribution in [0.25, 0.3) is 11.5 Å². The van der Waals surface area contributed by atoms with Crippen molar-refractivity contribution < 1.29 is 4.74 Å². The molecule has 3 aromatic rings. The van der Waals surface area contributed by atoms with Gasteiger partial charge in [-0.15, -0.1) is 0 Å². The lowest BCUT2D eigenvalue weighted by atomic mass is 10.1. The standard InChI is InChI=1S/C22H25N5O/c1-17-15-27(20-8-3-4-9-21(20)28-2)12-11-26(17)16-18-13-24-22(25-14-18)19-7-5-6-10-23-19/h3-10,13-14,17H,11-12,15-16H2,1-2H3/t17-/m0/s1. The zero-order valence-corrected chi connectivity index (χ0v) is 16.3. The molecule has 28 heavy (non-hydrogen) atoms. The SMILES string of the molecule is COc1ccccc1N1CCN(Cc2cnc(-c3ccccn3)nc2)[C@@H](C)C1. The number of methoxy groups -OCH3 is 1. The summed E-state index contributed by atoms with van der Waals surface area (Å²) < 4.78 is 5.53. The molecule has 0 aliphatic carbocycles. The van der Waals surface area contributed by atoms with Crippen LogP contribution in [0.4, 0.5) is 5.69 Å². The van der Waals surface area contributed by atoms with Crippen LogP contribution < -0.4 is 9.64 Å². The predicted molar refractivity (Wildman–Crippen MR) is 110 cm³/mol. The second kappa shape index (κ2) is 8.35. The molecule has 1 fully saturated rings. The van der Waals surface area contributed by atoms with Gasteiger partial charge in [-0.05, 0) is 31.2 Å². The van der Waals surface area contributed by atoms with Crippen molar-refractivity contribution in [2.45, 2.75) is 19.5 Å². The van der Waals surface area contributed by atoms with Gasteiger partial charge in [-0.1, -0.05) is 18.2 Å². The molecule has 1 aromatic carbocycles. The summed E-state index contributed by atoms with van der Waals surface area (Å²) in [6.45, 7) is 6.04. The normalized spacial score (nSPS) is 17.5.